The van der Waals surface area contributed by atoms with Crippen LogP contribution < -0.4 is 0 Å². The fourth-order valence-electron chi connectivity index (χ4n) is 7.81. The van der Waals surface area contributed by atoms with Crippen molar-refractivity contribution < 1.29 is 0 Å². The largest absolute Gasteiger partial charge is 0.359 e. The summed E-state index contributed by atoms with van der Waals surface area (Å²) < 4.78 is 0. The van der Waals surface area contributed by atoms with Crippen molar-refractivity contribution in [3.05, 3.63) is 122 Å². The summed E-state index contributed by atoms with van der Waals surface area (Å²) in [5, 5.41) is 4.17. The lowest BCUT2D eigenvalue weighted by molar-refractivity contribution is 1.35. The van der Waals surface area contributed by atoms with Crippen molar-refractivity contribution >= 4 is 76.7 Å². The van der Waals surface area contributed by atoms with Crippen LogP contribution in [0.3, 0.4) is 0 Å². The van der Waals surface area contributed by atoms with Crippen LogP contribution in [-0.4, -0.2) is 49.8 Å². The van der Waals surface area contributed by atoms with E-state index < -0.39 is 0 Å². The van der Waals surface area contributed by atoms with Crippen molar-refractivity contribution in [2.75, 3.05) is 0 Å². The van der Waals surface area contributed by atoms with E-state index in [1.165, 1.54) is 0 Å². The number of fused-ring (bicyclic) bond motifs is 9. The molecule has 244 valence electrons. The van der Waals surface area contributed by atoms with Crippen LogP contribution >= 0.6 is 0 Å². The molecule has 10 nitrogen and oxygen atoms in total. The van der Waals surface area contributed by atoms with Gasteiger partial charge in [-0.3, -0.25) is 0 Å². The highest BCUT2D eigenvalue weighted by Gasteiger charge is 2.18. The van der Waals surface area contributed by atoms with Crippen LogP contribution in [0.25, 0.3) is 122 Å². The zero-order valence-electron chi connectivity index (χ0n) is 27.3. The summed E-state index contributed by atoms with van der Waals surface area (Å²) in [5.41, 5.74) is 17.1. The molecule has 0 unspecified atom stereocenters. The zero-order chi connectivity index (χ0) is 33.9. The second kappa shape index (κ2) is 10.1. The van der Waals surface area contributed by atoms with Gasteiger partial charge in [0, 0.05) is 81.0 Å². The summed E-state index contributed by atoms with van der Waals surface area (Å²) in [6.45, 7) is 0. The van der Waals surface area contributed by atoms with Crippen LogP contribution in [0.5, 0.6) is 0 Å². The second-order valence-electron chi connectivity index (χ2n) is 13.3. The molecule has 0 radical (unpaired) electrons. The number of nitrogens with zero attached hydrogens (tertiary/aromatic N) is 4. The molecule has 0 aliphatic carbocycles. The Bertz CT molecular complexity index is 3150. The van der Waals surface area contributed by atoms with Gasteiger partial charge >= 0.3 is 0 Å². The predicted molar refractivity (Wildman–Crippen MR) is 208 cm³/mol. The Morgan fingerprint density at radius 1 is 0.288 bits per heavy atom. The Labute approximate surface area is 293 Å². The van der Waals surface area contributed by atoms with Gasteiger partial charge in [-0.05, 0) is 36.4 Å². The number of benzene rings is 2. The lowest BCUT2D eigenvalue weighted by Crippen LogP contribution is -1.90. The maximum absolute atomic E-state index is 5.23. The molecule has 0 aliphatic rings. The van der Waals surface area contributed by atoms with Gasteiger partial charge in [0.15, 0.2) is 0 Å². The van der Waals surface area contributed by atoms with Gasteiger partial charge in [-0.15, -0.1) is 0 Å². The number of pyridine rings is 4. The molecular weight excluding hydrogens is 645 g/mol. The third-order valence-electron chi connectivity index (χ3n) is 10.4. The number of hydrogen-bond acceptors (Lipinski definition) is 4. The van der Waals surface area contributed by atoms with Gasteiger partial charge in [0.1, 0.15) is 0 Å². The minimum absolute atomic E-state index is 0.857. The van der Waals surface area contributed by atoms with Gasteiger partial charge in [-0.2, -0.15) is 0 Å². The third-order valence-corrected chi connectivity index (χ3v) is 10.4. The minimum atomic E-state index is 0.857. The summed E-state index contributed by atoms with van der Waals surface area (Å²) >= 11 is 0. The van der Waals surface area contributed by atoms with Crippen molar-refractivity contribution in [1.82, 2.24) is 49.8 Å². The number of rotatable bonds is 4. The number of aromatic nitrogens is 10. The first-order valence-electron chi connectivity index (χ1n) is 17.1. The monoisotopic (exact) mass is 670 g/mol. The van der Waals surface area contributed by atoms with Gasteiger partial charge in [0.05, 0.1) is 77.9 Å². The molecule has 0 saturated carbocycles. The number of aromatic amines is 6. The molecule has 6 N–H and O–H groups in total. The molecule has 0 fully saturated rings. The molecular formula is C42H26N10. The van der Waals surface area contributed by atoms with E-state index >= 15 is 0 Å². The molecule has 52 heavy (non-hydrogen) atoms. The molecule has 10 heteroatoms. The molecule has 0 bridgehead atoms. The number of H-pyrrole nitrogens is 6. The highest BCUT2D eigenvalue weighted by Crippen LogP contribution is 2.37. The molecule has 0 saturated heterocycles. The first kappa shape index (κ1) is 27.4. The lowest BCUT2D eigenvalue weighted by Gasteiger charge is -2.07. The summed E-state index contributed by atoms with van der Waals surface area (Å²) in [4.78, 5) is 41.1. The van der Waals surface area contributed by atoms with Crippen molar-refractivity contribution in [3.8, 4) is 45.0 Å². The average Bonchev–Trinajstić information content (AvgIpc) is 4.03. The van der Waals surface area contributed by atoms with Gasteiger partial charge in [-0.1, -0.05) is 48.5 Å². The van der Waals surface area contributed by atoms with Crippen LogP contribution in [0.2, 0.25) is 0 Å². The van der Waals surface area contributed by atoms with Crippen LogP contribution in [0.4, 0.5) is 0 Å². The molecule has 0 atom stereocenters. The Balaban J connectivity index is 0.970. The van der Waals surface area contributed by atoms with Gasteiger partial charge in [-0.25, -0.2) is 19.9 Å². The first-order valence-corrected chi connectivity index (χ1v) is 17.1. The molecule has 12 rings (SSSR count). The van der Waals surface area contributed by atoms with E-state index in [0.717, 1.165) is 122 Å². The summed E-state index contributed by atoms with van der Waals surface area (Å²) in [5.74, 6) is 0. The Morgan fingerprint density at radius 2 is 0.596 bits per heavy atom. The number of nitrogens with one attached hydrogen (secondary N) is 6. The molecule has 10 heterocycles. The van der Waals surface area contributed by atoms with Crippen molar-refractivity contribution in [1.29, 1.82) is 0 Å². The van der Waals surface area contributed by atoms with Crippen molar-refractivity contribution in [3.63, 3.8) is 0 Å². The van der Waals surface area contributed by atoms with E-state index in [2.05, 4.69) is 103 Å². The summed E-state index contributed by atoms with van der Waals surface area (Å²) in [7, 11) is 0. The Morgan fingerprint density at radius 3 is 0.962 bits per heavy atom. The zero-order valence-corrected chi connectivity index (χ0v) is 27.3. The first-order chi connectivity index (χ1) is 25.7. The highest BCUT2D eigenvalue weighted by molar-refractivity contribution is 6.08. The highest BCUT2D eigenvalue weighted by atomic mass is 14.9. The summed E-state index contributed by atoms with van der Waals surface area (Å²) in [6.07, 6.45) is 11.9. The SMILES string of the molecule is c1cc2[nH]cc(-c3ccc4ccc5ccc(-c6c[nH]c7c(-c8ccc9ccc%10ccc(-c%11c[nH]c%12cc[nH]c%11%12)nc%10c9n8)c[nH]c67)nc5c4n3)c2[nH]1. The molecule has 12 aromatic rings. The van der Waals surface area contributed by atoms with Crippen LogP contribution in [0.1, 0.15) is 0 Å². The van der Waals surface area contributed by atoms with Crippen molar-refractivity contribution in [2.45, 2.75) is 0 Å². The molecule has 2 aromatic carbocycles. The third kappa shape index (κ3) is 3.82. The minimum Gasteiger partial charge on any atom is -0.359 e. The topological polar surface area (TPSA) is 146 Å². The van der Waals surface area contributed by atoms with Crippen LogP contribution in [0, 0.1) is 0 Å². The van der Waals surface area contributed by atoms with Crippen LogP contribution in [-0.2, 0) is 0 Å². The molecule has 10 aromatic heterocycles. The maximum atomic E-state index is 5.23. The van der Waals surface area contributed by atoms with E-state index in [4.69, 9.17) is 19.9 Å². The maximum Gasteiger partial charge on any atom is 0.0972 e. The van der Waals surface area contributed by atoms with Crippen molar-refractivity contribution in [2.24, 2.45) is 0 Å². The second-order valence-corrected chi connectivity index (χ2v) is 13.3. The molecule has 0 aliphatic heterocycles. The Kier molecular flexibility index (Phi) is 5.29. The average molecular weight is 671 g/mol. The van der Waals surface area contributed by atoms with E-state index in [1.807, 2.05) is 49.3 Å². The predicted octanol–water partition coefficient (Wildman–Crippen LogP) is 9.98. The lowest BCUT2D eigenvalue weighted by atomic mass is 10.1. The standard InChI is InChI=1S/C42H26N10/c1-3-23-7-11-31(51-37(23)35-21(1)5-9-29(49-35)25-17-45-33-13-15-43-39(25)33)27-19-47-42-28(20-48-41(27)42)32-12-8-24-4-2-22-6-10-30(50-36(22)38(24)52-32)26-18-46-34-14-16-44-40(26)34/h1-20,43-48H. The quantitative estimate of drug-likeness (QED) is 0.103. The van der Waals surface area contributed by atoms with E-state index in [-0.39, 0.29) is 0 Å². The summed E-state index contributed by atoms with van der Waals surface area (Å²) in [6, 6.07) is 29.3. The molecule has 0 spiro atoms. The van der Waals surface area contributed by atoms with Gasteiger partial charge < -0.3 is 29.9 Å². The fraction of sp³-hybridized carbons (Fsp3) is 0. The fourth-order valence-corrected chi connectivity index (χ4v) is 7.81. The van der Waals surface area contributed by atoms with Gasteiger partial charge in [0.2, 0.25) is 0 Å². The van der Waals surface area contributed by atoms with E-state index in [1.54, 1.807) is 0 Å². The van der Waals surface area contributed by atoms with E-state index in [9.17, 15) is 0 Å². The Hall–Kier alpha value is -7.46. The normalized spacial score (nSPS) is 12.2. The molecule has 0 amide bonds. The number of hydrogen-bond donors (Lipinski definition) is 6. The van der Waals surface area contributed by atoms with Crippen LogP contribution in [0.15, 0.2) is 122 Å². The van der Waals surface area contributed by atoms with E-state index in [0.29, 0.717) is 0 Å². The van der Waals surface area contributed by atoms with Gasteiger partial charge in [0.25, 0.3) is 0 Å². The smallest absolute Gasteiger partial charge is 0.0972 e.